The molecule has 1 saturated carbocycles. The Hall–Kier alpha value is -6.46. The zero-order valence-electron chi connectivity index (χ0n) is 44.0. The molecule has 6 heteroatoms. The second-order valence-corrected chi connectivity index (χ2v) is 19.8. The van der Waals surface area contributed by atoms with Gasteiger partial charge in [0.1, 0.15) is 5.58 Å². The van der Waals surface area contributed by atoms with Crippen molar-refractivity contribution in [2.24, 2.45) is 0 Å². The molecule has 0 N–H and O–H groups in total. The van der Waals surface area contributed by atoms with Crippen molar-refractivity contribution < 1.29 is 33.0 Å². The van der Waals surface area contributed by atoms with Crippen molar-refractivity contribution in [3.8, 4) is 50.6 Å². The second-order valence-electron chi connectivity index (χ2n) is 19.8. The number of halogens is 1. The molecule has 0 bridgehead atoms. The fourth-order valence-electron chi connectivity index (χ4n) is 9.72. The van der Waals surface area contributed by atoms with E-state index in [0.29, 0.717) is 11.4 Å². The van der Waals surface area contributed by atoms with Gasteiger partial charge in [0.15, 0.2) is 0 Å². The van der Waals surface area contributed by atoms with Crippen LogP contribution in [0, 0.1) is 17.9 Å². The molecule has 1 aliphatic rings. The molecule has 4 nitrogen and oxygen atoms in total. The van der Waals surface area contributed by atoms with E-state index in [2.05, 4.69) is 115 Å². The van der Waals surface area contributed by atoms with Crippen LogP contribution in [0.3, 0.4) is 0 Å². The van der Waals surface area contributed by atoms with E-state index in [1.165, 1.54) is 24.1 Å². The fraction of sp³-hybridized carbons (Fsp3) is 0.250. The maximum absolute atomic E-state index is 12.8. The number of hydrogen-bond acceptors (Lipinski definition) is 3. The molecule has 355 valence electrons. The van der Waals surface area contributed by atoms with Gasteiger partial charge in [-0.3, -0.25) is 9.37 Å². The number of imidazole rings is 1. The predicted molar refractivity (Wildman–Crippen MR) is 285 cm³/mol. The Labute approximate surface area is 430 Å². The van der Waals surface area contributed by atoms with E-state index in [1.807, 2.05) is 88.4 Å². The smallest absolute Gasteiger partial charge is 0.121 e. The maximum Gasteiger partial charge on any atom is 0.121 e. The van der Waals surface area contributed by atoms with E-state index >= 15 is 0 Å². The number of aromatic nitrogens is 3. The number of fused-ring (bicyclic) bond motifs is 4. The molecule has 7 aromatic carbocycles. The third-order valence-electron chi connectivity index (χ3n) is 13.5. The molecule has 1 fully saturated rings. The summed E-state index contributed by atoms with van der Waals surface area (Å²) in [4.78, 5) is 9.56. The van der Waals surface area contributed by atoms with Crippen LogP contribution in [0.4, 0.5) is 4.39 Å². The van der Waals surface area contributed by atoms with Crippen molar-refractivity contribution in [2.45, 2.75) is 104 Å². The van der Waals surface area contributed by atoms with Gasteiger partial charge in [0.25, 0.3) is 0 Å². The molecule has 0 spiro atoms. The van der Waals surface area contributed by atoms with Crippen LogP contribution in [0.5, 0.6) is 0 Å². The normalized spacial score (nSPS) is 14.6. The van der Waals surface area contributed by atoms with Gasteiger partial charge in [0, 0.05) is 47.3 Å². The zero-order chi connectivity index (χ0) is 50.6. The monoisotopic (exact) mass is 1100 g/mol. The average Bonchev–Trinajstić information content (AvgIpc) is 3.95. The van der Waals surface area contributed by atoms with E-state index in [4.69, 9.17) is 9.40 Å². The quantitative estimate of drug-likeness (QED) is 0.142. The SMILES string of the molecule is CC(C)(C)c1ccnc(-c2[c-]cc(F)cc2)c1.[2H]C(C)(C)c1cc(-c2ccc(C3([2H])CCCCC3)cc2)cc(C([2H])(C)C)c1-n1c(-c2[c-]ccc3c2oc2cc(-c4ccccc4)ccc23)nc2ccccc21.[Ir]. The molecular formula is C64H60FIrN3O-2. The number of pyridine rings is 1. The summed E-state index contributed by atoms with van der Waals surface area (Å²) in [6, 6.07) is 56.4. The standard InChI is InChI=1S/C49H45N2O.C15H15FN.Ir/c1-31(2)42-28-38(36-24-22-35(23-25-36)33-14-7-5-8-15-33)29-43(32(3)4)47(42)51-45-21-12-11-20-44(45)50-49(51)41-19-13-18-40-39-27-26-37(30-46(39)52-48(40)41)34-16-9-6-10-17-34;1-15(2,3)12-8-9-17-14(10-12)11-4-6-13(16)7-5-11;/h6,9-13,16-18,20-33H,5,7-8,14-15H2,1-4H3;4,6-10H,1-3H3;/q2*-1;/i31D,32D,33D;;. The summed E-state index contributed by atoms with van der Waals surface area (Å²) in [5.41, 5.74) is 14.4. The zero-order valence-corrected chi connectivity index (χ0v) is 43.4. The van der Waals surface area contributed by atoms with Crippen LogP contribution in [0.15, 0.2) is 162 Å². The molecule has 70 heavy (non-hydrogen) atoms. The third-order valence-corrected chi connectivity index (χ3v) is 13.5. The largest absolute Gasteiger partial charge is 0.501 e. The molecule has 0 aliphatic heterocycles. The van der Waals surface area contributed by atoms with Crippen LogP contribution in [0.25, 0.3) is 83.6 Å². The van der Waals surface area contributed by atoms with Crippen LogP contribution >= 0.6 is 0 Å². The van der Waals surface area contributed by atoms with Crippen LogP contribution in [0.2, 0.25) is 0 Å². The summed E-state index contributed by atoms with van der Waals surface area (Å²) >= 11 is 0. The van der Waals surface area contributed by atoms with Crippen molar-refractivity contribution in [1.29, 1.82) is 0 Å². The van der Waals surface area contributed by atoms with Crippen molar-refractivity contribution in [2.75, 3.05) is 0 Å². The number of benzene rings is 7. The Bertz CT molecular complexity index is 3540. The van der Waals surface area contributed by atoms with Crippen LogP contribution in [0.1, 0.15) is 125 Å². The van der Waals surface area contributed by atoms with Crippen LogP contribution in [-0.2, 0) is 25.5 Å². The summed E-state index contributed by atoms with van der Waals surface area (Å²) in [6.07, 6.45) is 6.97. The Balaban J connectivity index is 0.000000310. The summed E-state index contributed by atoms with van der Waals surface area (Å²) in [5, 5.41) is 1.99. The number of para-hydroxylation sites is 2. The van der Waals surface area contributed by atoms with E-state index in [1.54, 1.807) is 12.3 Å². The molecule has 10 aromatic rings. The number of hydrogen-bond donors (Lipinski definition) is 0. The van der Waals surface area contributed by atoms with Gasteiger partial charge < -0.3 is 14.0 Å². The Morgan fingerprint density at radius 3 is 2.09 bits per heavy atom. The number of rotatable bonds is 8. The van der Waals surface area contributed by atoms with E-state index in [0.717, 1.165) is 115 Å². The van der Waals surface area contributed by atoms with Gasteiger partial charge in [-0.15, -0.1) is 48.0 Å². The van der Waals surface area contributed by atoms with Gasteiger partial charge in [-0.2, -0.15) is 0 Å². The van der Waals surface area contributed by atoms with Gasteiger partial charge in [-0.25, -0.2) is 0 Å². The minimum Gasteiger partial charge on any atom is -0.501 e. The van der Waals surface area contributed by atoms with Crippen molar-refractivity contribution in [1.82, 2.24) is 14.5 Å². The summed E-state index contributed by atoms with van der Waals surface area (Å²) in [7, 11) is 0. The summed E-state index contributed by atoms with van der Waals surface area (Å²) in [6.45, 7) is 14.1. The van der Waals surface area contributed by atoms with Gasteiger partial charge in [-0.05, 0) is 123 Å². The van der Waals surface area contributed by atoms with E-state index in [9.17, 15) is 8.50 Å². The fourth-order valence-corrected chi connectivity index (χ4v) is 9.72. The van der Waals surface area contributed by atoms with Gasteiger partial charge in [0.2, 0.25) is 0 Å². The topological polar surface area (TPSA) is 43.9 Å². The predicted octanol–water partition coefficient (Wildman–Crippen LogP) is 18.0. The Morgan fingerprint density at radius 1 is 0.714 bits per heavy atom. The summed E-state index contributed by atoms with van der Waals surface area (Å²) in [5.74, 6) is -2.24. The van der Waals surface area contributed by atoms with Gasteiger partial charge in [0.05, 0.1) is 22.4 Å². The number of nitrogens with zero attached hydrogens (tertiary/aromatic N) is 3. The third kappa shape index (κ3) is 9.82. The van der Waals surface area contributed by atoms with Crippen LogP contribution < -0.4 is 0 Å². The first-order valence-corrected chi connectivity index (χ1v) is 24.2. The first kappa shape index (κ1) is 44.7. The average molecular weight is 1100 g/mol. The number of furan rings is 1. The molecule has 1 radical (unpaired) electrons. The minimum absolute atomic E-state index is 0. The first-order valence-electron chi connectivity index (χ1n) is 25.7. The molecule has 0 amide bonds. The first-order chi connectivity index (χ1) is 34.4. The Morgan fingerprint density at radius 2 is 1.40 bits per heavy atom. The van der Waals surface area contributed by atoms with E-state index in [-0.39, 0.29) is 31.3 Å². The van der Waals surface area contributed by atoms with Crippen molar-refractivity contribution in [3.63, 3.8) is 0 Å². The van der Waals surface area contributed by atoms with E-state index < -0.39 is 17.7 Å². The molecule has 0 unspecified atom stereocenters. The molecule has 3 aromatic heterocycles. The Kier molecular flexibility index (Phi) is 13.1. The van der Waals surface area contributed by atoms with Crippen molar-refractivity contribution >= 4 is 33.0 Å². The molecule has 3 heterocycles. The maximum atomic E-state index is 12.8. The van der Waals surface area contributed by atoms with Crippen molar-refractivity contribution in [3.05, 3.63) is 198 Å². The molecule has 1 aliphatic carbocycles. The molecule has 0 atom stereocenters. The molecular weight excluding hydrogens is 1040 g/mol. The second kappa shape index (κ2) is 20.5. The van der Waals surface area contributed by atoms with Crippen LogP contribution in [-0.4, -0.2) is 14.5 Å². The minimum atomic E-state index is -1.04. The van der Waals surface area contributed by atoms with Gasteiger partial charge in [-0.1, -0.05) is 164 Å². The summed E-state index contributed by atoms with van der Waals surface area (Å²) < 4.78 is 50.1. The molecule has 11 rings (SSSR count). The molecule has 0 saturated heterocycles. The van der Waals surface area contributed by atoms with Gasteiger partial charge >= 0.3 is 0 Å².